The molecule has 10 heteroatoms. The molecule has 174 valence electrons. The number of hydrogen-bond acceptors (Lipinski definition) is 9. The van der Waals surface area contributed by atoms with Gasteiger partial charge in [-0.15, -0.1) is 22.7 Å². The molecule has 0 saturated carbocycles. The molecule has 0 bridgehead atoms. The number of nitrogens with one attached hydrogen (secondary N) is 1. The molecule has 3 aliphatic rings. The maximum absolute atomic E-state index is 12.9. The molecule has 3 unspecified atom stereocenters. The first-order valence-electron chi connectivity index (χ1n) is 11.5. The van der Waals surface area contributed by atoms with Crippen LogP contribution < -0.4 is 21.7 Å². The Balaban J connectivity index is 1.14. The average molecular weight is 485 g/mol. The van der Waals surface area contributed by atoms with E-state index in [0.717, 1.165) is 77.9 Å². The van der Waals surface area contributed by atoms with Crippen LogP contribution in [0.25, 0.3) is 9.53 Å². The summed E-state index contributed by atoms with van der Waals surface area (Å²) in [6, 6.07) is 4.34. The predicted molar refractivity (Wildman–Crippen MR) is 132 cm³/mol. The van der Waals surface area contributed by atoms with Crippen LogP contribution in [0, 0.1) is 6.92 Å². The van der Waals surface area contributed by atoms with Crippen molar-refractivity contribution in [2.45, 2.75) is 56.7 Å². The fourth-order valence-corrected chi connectivity index (χ4v) is 7.53. The molecular weight excluding hydrogens is 456 g/mol. The molecule has 1 aliphatic carbocycles. The fraction of sp³-hybridized carbons (Fsp3) is 0.522. The molecule has 0 aromatic carbocycles. The molecular formula is C23H28N6O2S2. The van der Waals surface area contributed by atoms with Crippen LogP contribution in [0.2, 0.25) is 0 Å². The summed E-state index contributed by atoms with van der Waals surface area (Å²) in [7, 11) is 0. The van der Waals surface area contributed by atoms with Crippen molar-refractivity contribution < 1.29 is 9.53 Å². The van der Waals surface area contributed by atoms with Crippen LogP contribution in [-0.2, 0) is 17.6 Å². The molecule has 3 atom stereocenters. The van der Waals surface area contributed by atoms with E-state index in [1.807, 2.05) is 6.92 Å². The zero-order valence-corrected chi connectivity index (χ0v) is 20.2. The molecule has 2 fully saturated rings. The molecule has 3 aromatic rings. The molecule has 2 aliphatic heterocycles. The van der Waals surface area contributed by atoms with Gasteiger partial charge in [0.1, 0.15) is 21.1 Å². The minimum atomic E-state index is -0.209. The summed E-state index contributed by atoms with van der Waals surface area (Å²) in [5.41, 5.74) is 15.4. The monoisotopic (exact) mass is 484 g/mol. The van der Waals surface area contributed by atoms with Gasteiger partial charge in [0.05, 0.1) is 28.0 Å². The topological polar surface area (TPSA) is 119 Å². The standard InChI is InChI=1S/C23H28N6O2S2/c1-12-26-22-20(32-12)18(25)19(33-22)21(30)27-14-4-5-15-13(9-14)3-6-17(28-15)29-10-16(24)23(11-29)7-2-8-31-23/h3,6,14,16H,2,4-5,7-11,24-25H2,1H3,(H,27,30). The number of nitrogens with zero attached hydrogens (tertiary/aromatic N) is 3. The van der Waals surface area contributed by atoms with Crippen molar-refractivity contribution in [1.29, 1.82) is 0 Å². The van der Waals surface area contributed by atoms with Crippen molar-refractivity contribution in [2.24, 2.45) is 5.73 Å². The van der Waals surface area contributed by atoms with Gasteiger partial charge < -0.3 is 26.4 Å². The summed E-state index contributed by atoms with van der Waals surface area (Å²) in [6.45, 7) is 4.34. The number of aromatic nitrogens is 2. The normalized spacial score (nSPS) is 26.9. The third-order valence-corrected chi connectivity index (χ3v) is 9.42. The molecule has 5 heterocycles. The molecule has 0 radical (unpaired) electrons. The van der Waals surface area contributed by atoms with E-state index in [4.69, 9.17) is 21.2 Å². The van der Waals surface area contributed by atoms with Crippen LogP contribution in [-0.4, -0.2) is 53.3 Å². The summed E-state index contributed by atoms with van der Waals surface area (Å²) < 4.78 is 6.96. The highest BCUT2D eigenvalue weighted by molar-refractivity contribution is 7.29. The highest BCUT2D eigenvalue weighted by atomic mass is 32.1. The zero-order chi connectivity index (χ0) is 22.7. The number of amides is 1. The molecule has 1 amide bonds. The smallest absolute Gasteiger partial charge is 0.263 e. The van der Waals surface area contributed by atoms with Crippen LogP contribution in [0.15, 0.2) is 12.1 Å². The average Bonchev–Trinajstić information content (AvgIpc) is 3.55. The maximum Gasteiger partial charge on any atom is 0.263 e. The second-order valence-corrected chi connectivity index (χ2v) is 11.6. The summed E-state index contributed by atoms with van der Waals surface area (Å²) in [5, 5.41) is 4.15. The Kier molecular flexibility index (Phi) is 5.09. The number of thiophene rings is 1. The number of thiazole rings is 1. The van der Waals surface area contributed by atoms with Gasteiger partial charge in [-0.25, -0.2) is 9.97 Å². The summed E-state index contributed by atoms with van der Waals surface area (Å²) >= 11 is 2.91. The van der Waals surface area contributed by atoms with Gasteiger partial charge >= 0.3 is 0 Å². The largest absolute Gasteiger partial charge is 0.396 e. The number of aryl methyl sites for hydroxylation is 2. The molecule has 1 spiro atoms. The van der Waals surface area contributed by atoms with Gasteiger partial charge in [0.2, 0.25) is 0 Å². The molecule has 33 heavy (non-hydrogen) atoms. The Morgan fingerprint density at radius 3 is 3.00 bits per heavy atom. The number of nitrogen functional groups attached to an aromatic ring is 1. The maximum atomic E-state index is 12.9. The lowest BCUT2D eigenvalue weighted by Crippen LogP contribution is -2.46. The van der Waals surface area contributed by atoms with Crippen molar-refractivity contribution in [1.82, 2.24) is 15.3 Å². The van der Waals surface area contributed by atoms with Crippen LogP contribution in [0.3, 0.4) is 0 Å². The minimum absolute atomic E-state index is 0.0245. The predicted octanol–water partition coefficient (Wildman–Crippen LogP) is 2.63. The minimum Gasteiger partial charge on any atom is -0.396 e. The zero-order valence-electron chi connectivity index (χ0n) is 18.6. The first-order valence-corrected chi connectivity index (χ1v) is 13.1. The highest BCUT2D eigenvalue weighted by Crippen LogP contribution is 2.38. The third-order valence-electron chi connectivity index (χ3n) is 7.19. The van der Waals surface area contributed by atoms with E-state index >= 15 is 0 Å². The second-order valence-electron chi connectivity index (χ2n) is 9.40. The number of rotatable bonds is 3. The van der Waals surface area contributed by atoms with Gasteiger partial charge in [-0.2, -0.15) is 0 Å². The van der Waals surface area contributed by atoms with E-state index in [0.29, 0.717) is 10.6 Å². The molecule has 6 rings (SSSR count). The van der Waals surface area contributed by atoms with Gasteiger partial charge in [-0.3, -0.25) is 4.79 Å². The van der Waals surface area contributed by atoms with Gasteiger partial charge in [0, 0.05) is 24.9 Å². The van der Waals surface area contributed by atoms with Gasteiger partial charge in [-0.1, -0.05) is 6.07 Å². The van der Waals surface area contributed by atoms with Crippen molar-refractivity contribution in [3.8, 4) is 0 Å². The lowest BCUT2D eigenvalue weighted by molar-refractivity contribution is 0.0108. The molecule has 2 saturated heterocycles. The molecule has 8 nitrogen and oxygen atoms in total. The number of carbonyl (C=O) groups is 1. The van der Waals surface area contributed by atoms with Crippen LogP contribution in [0.5, 0.6) is 0 Å². The van der Waals surface area contributed by atoms with Crippen molar-refractivity contribution in [2.75, 3.05) is 30.3 Å². The van der Waals surface area contributed by atoms with Crippen LogP contribution in [0.1, 0.15) is 45.2 Å². The Hall–Kier alpha value is -2.27. The summed E-state index contributed by atoms with van der Waals surface area (Å²) in [6.07, 6.45) is 4.58. The number of nitrogens with two attached hydrogens (primary N) is 2. The van der Waals surface area contributed by atoms with Crippen molar-refractivity contribution >= 4 is 49.6 Å². The van der Waals surface area contributed by atoms with Gasteiger partial charge in [0.25, 0.3) is 5.91 Å². The lowest BCUT2D eigenvalue weighted by atomic mass is 9.91. The Bertz CT molecular complexity index is 1230. The highest BCUT2D eigenvalue weighted by Gasteiger charge is 2.48. The third kappa shape index (κ3) is 3.60. The van der Waals surface area contributed by atoms with Crippen molar-refractivity contribution in [3.05, 3.63) is 33.3 Å². The Morgan fingerprint density at radius 1 is 1.33 bits per heavy atom. The lowest BCUT2D eigenvalue weighted by Gasteiger charge is -2.28. The Morgan fingerprint density at radius 2 is 2.21 bits per heavy atom. The summed E-state index contributed by atoms with van der Waals surface area (Å²) in [5.74, 6) is 0.875. The number of anilines is 2. The number of ether oxygens (including phenoxy) is 1. The second kappa shape index (κ2) is 7.90. The molecule has 5 N–H and O–H groups in total. The van der Waals surface area contributed by atoms with Gasteiger partial charge in [-0.05, 0) is 50.7 Å². The van der Waals surface area contributed by atoms with Crippen molar-refractivity contribution in [3.63, 3.8) is 0 Å². The molecule has 3 aromatic heterocycles. The van der Waals surface area contributed by atoms with E-state index in [1.165, 1.54) is 28.2 Å². The van der Waals surface area contributed by atoms with Gasteiger partial charge in [0.15, 0.2) is 0 Å². The van der Waals surface area contributed by atoms with E-state index in [-0.39, 0.29) is 23.6 Å². The number of pyridine rings is 1. The van der Waals surface area contributed by atoms with Crippen LogP contribution in [0.4, 0.5) is 11.5 Å². The van der Waals surface area contributed by atoms with Crippen LogP contribution >= 0.6 is 22.7 Å². The summed E-state index contributed by atoms with van der Waals surface area (Å²) in [4.78, 5) is 26.1. The SMILES string of the molecule is Cc1nc2sc(C(=O)NC3CCc4nc(N5CC(N)C6(CCCO6)C5)ccc4C3)c(N)c2s1. The van der Waals surface area contributed by atoms with E-state index in [9.17, 15) is 4.79 Å². The fourth-order valence-electron chi connectivity index (χ4n) is 5.44. The van der Waals surface area contributed by atoms with E-state index in [1.54, 1.807) is 0 Å². The van der Waals surface area contributed by atoms with E-state index < -0.39 is 0 Å². The quantitative estimate of drug-likeness (QED) is 0.523. The van der Waals surface area contributed by atoms with E-state index in [2.05, 4.69) is 27.3 Å². The number of carbonyl (C=O) groups excluding carboxylic acids is 1. The Labute approximate surface area is 200 Å². The number of hydrogen-bond donors (Lipinski definition) is 3. The number of fused-ring (bicyclic) bond motifs is 2. The first kappa shape index (κ1) is 21.3. The first-order chi connectivity index (χ1) is 15.9.